The van der Waals surface area contributed by atoms with E-state index >= 15 is 0 Å². The van der Waals surface area contributed by atoms with Crippen molar-refractivity contribution >= 4 is 16.0 Å². The Bertz CT molecular complexity index is 497. The Morgan fingerprint density at radius 2 is 1.52 bits per heavy atom. The van der Waals surface area contributed by atoms with Gasteiger partial charge in [0.1, 0.15) is 0 Å². The van der Waals surface area contributed by atoms with Gasteiger partial charge in [-0.15, -0.1) is 0 Å². The number of aliphatic hydroxyl groups excluding tert-OH is 1. The average molecular weight is 420 g/mol. The van der Waals surface area contributed by atoms with Crippen LogP contribution < -0.4 is 4.72 Å². The normalized spacial score (nSPS) is 13.6. The van der Waals surface area contributed by atoms with Gasteiger partial charge in [0.05, 0.1) is 11.9 Å². The van der Waals surface area contributed by atoms with Gasteiger partial charge in [-0.3, -0.25) is 4.79 Å². The summed E-state index contributed by atoms with van der Waals surface area (Å²) in [4.78, 5) is 10.3. The van der Waals surface area contributed by atoms with Crippen LogP contribution in [0.25, 0.3) is 0 Å². The lowest BCUT2D eigenvalue weighted by atomic mass is 10.1. The molecule has 0 saturated heterocycles. The second-order valence-electron chi connectivity index (χ2n) is 6.78. The van der Waals surface area contributed by atoms with E-state index in [-0.39, 0.29) is 18.6 Å². The van der Waals surface area contributed by atoms with Crippen molar-refractivity contribution in [1.82, 2.24) is 4.72 Å². The number of rotatable bonds is 17. The fraction of sp³-hybridized carbons (Fsp3) is 0.941. The fourth-order valence-corrected chi connectivity index (χ4v) is 3.76. The highest BCUT2D eigenvalue weighted by Gasteiger charge is 2.25. The predicted octanol–water partition coefficient (Wildman–Crippen LogP) is 3.59. The first-order valence-corrected chi connectivity index (χ1v) is 11.1. The van der Waals surface area contributed by atoms with E-state index in [1.54, 1.807) is 0 Å². The summed E-state index contributed by atoms with van der Waals surface area (Å²) in [5.41, 5.74) is 0. The molecule has 0 heterocycles. The van der Waals surface area contributed by atoms with Crippen molar-refractivity contribution in [1.29, 1.82) is 0 Å². The van der Waals surface area contributed by atoms with E-state index < -0.39 is 34.7 Å². The quantitative estimate of drug-likeness (QED) is 0.313. The molecule has 0 rings (SSSR count). The number of carboxylic acids is 1. The monoisotopic (exact) mass is 419 g/mol. The zero-order valence-electron chi connectivity index (χ0n) is 15.6. The Kier molecular flexibility index (Phi) is 13.7. The summed E-state index contributed by atoms with van der Waals surface area (Å²) in [7, 11) is -3.37. The van der Waals surface area contributed by atoms with E-state index in [4.69, 9.17) is 5.11 Å². The van der Waals surface area contributed by atoms with Gasteiger partial charge in [-0.2, -0.15) is 13.2 Å². The van der Waals surface area contributed by atoms with Crippen LogP contribution in [0, 0.1) is 0 Å². The van der Waals surface area contributed by atoms with Crippen molar-refractivity contribution in [2.24, 2.45) is 0 Å². The number of hydrogen-bond donors (Lipinski definition) is 3. The molecule has 0 aliphatic carbocycles. The lowest BCUT2D eigenvalue weighted by Gasteiger charge is -2.11. The van der Waals surface area contributed by atoms with Crippen molar-refractivity contribution in [3.8, 4) is 0 Å². The Hall–Kier alpha value is -0.870. The standard InChI is InChI=1S/C17H32F3NO5S/c18-17(19,20)12-6-4-9-15(22)10-5-8-14-27(25,26)21-13-7-2-1-3-11-16(23)24/h15,21-22H,1-14H2,(H,23,24). The van der Waals surface area contributed by atoms with E-state index in [0.29, 0.717) is 51.5 Å². The molecule has 0 saturated carbocycles. The van der Waals surface area contributed by atoms with Gasteiger partial charge >= 0.3 is 12.1 Å². The number of sulfonamides is 1. The molecule has 0 aliphatic heterocycles. The average Bonchev–Trinajstić information content (AvgIpc) is 2.53. The van der Waals surface area contributed by atoms with Crippen molar-refractivity contribution in [2.75, 3.05) is 12.3 Å². The zero-order valence-corrected chi connectivity index (χ0v) is 16.5. The molecule has 6 nitrogen and oxygen atoms in total. The molecule has 27 heavy (non-hydrogen) atoms. The Morgan fingerprint density at radius 3 is 2.11 bits per heavy atom. The van der Waals surface area contributed by atoms with Gasteiger partial charge in [0.25, 0.3) is 0 Å². The highest BCUT2D eigenvalue weighted by atomic mass is 32.2. The maximum absolute atomic E-state index is 12.0. The lowest BCUT2D eigenvalue weighted by Crippen LogP contribution is -2.27. The molecule has 0 aromatic rings. The Labute approximate surface area is 159 Å². The second-order valence-corrected chi connectivity index (χ2v) is 8.71. The maximum Gasteiger partial charge on any atom is 0.389 e. The van der Waals surface area contributed by atoms with Crippen LogP contribution in [0.1, 0.15) is 77.0 Å². The molecule has 1 atom stereocenters. The largest absolute Gasteiger partial charge is 0.481 e. The van der Waals surface area contributed by atoms with Gasteiger partial charge in [0.2, 0.25) is 10.0 Å². The van der Waals surface area contributed by atoms with Crippen LogP contribution in [-0.4, -0.2) is 49.2 Å². The van der Waals surface area contributed by atoms with E-state index in [2.05, 4.69) is 4.72 Å². The molecule has 162 valence electrons. The minimum absolute atomic E-state index is 0.00479. The molecule has 0 bridgehead atoms. The summed E-state index contributed by atoms with van der Waals surface area (Å²) in [6.45, 7) is 0.317. The highest BCUT2D eigenvalue weighted by molar-refractivity contribution is 7.89. The van der Waals surface area contributed by atoms with Crippen LogP contribution in [0.15, 0.2) is 0 Å². The van der Waals surface area contributed by atoms with Crippen molar-refractivity contribution in [2.45, 2.75) is 89.3 Å². The van der Waals surface area contributed by atoms with Crippen molar-refractivity contribution in [3.63, 3.8) is 0 Å². The third-order valence-corrected chi connectivity index (χ3v) is 5.56. The summed E-state index contributed by atoms with van der Waals surface area (Å²) in [6.07, 6.45) is -0.991. The first-order chi connectivity index (χ1) is 12.5. The first-order valence-electron chi connectivity index (χ1n) is 9.46. The van der Waals surface area contributed by atoms with Crippen LogP contribution in [0.3, 0.4) is 0 Å². The van der Waals surface area contributed by atoms with Gasteiger partial charge in [0.15, 0.2) is 0 Å². The number of nitrogens with one attached hydrogen (secondary N) is 1. The number of alkyl halides is 3. The molecular formula is C17H32F3NO5S. The third-order valence-electron chi connectivity index (χ3n) is 4.09. The molecule has 0 spiro atoms. The number of carbonyl (C=O) groups is 1. The first kappa shape index (κ1) is 26.1. The minimum atomic E-state index is -4.16. The molecule has 10 heteroatoms. The lowest BCUT2D eigenvalue weighted by molar-refractivity contribution is -0.137. The van der Waals surface area contributed by atoms with Gasteiger partial charge in [-0.05, 0) is 44.9 Å². The summed E-state index contributed by atoms with van der Waals surface area (Å²) in [6, 6.07) is 0. The van der Waals surface area contributed by atoms with Crippen molar-refractivity contribution < 1.29 is 36.6 Å². The molecule has 3 N–H and O–H groups in total. The smallest absolute Gasteiger partial charge is 0.389 e. The molecule has 0 aromatic heterocycles. The van der Waals surface area contributed by atoms with E-state index in [9.17, 15) is 31.5 Å². The maximum atomic E-state index is 12.0. The summed E-state index contributed by atoms with van der Waals surface area (Å²) < 4.78 is 62.1. The van der Waals surface area contributed by atoms with Crippen LogP contribution in [0.5, 0.6) is 0 Å². The van der Waals surface area contributed by atoms with Gasteiger partial charge in [-0.25, -0.2) is 13.1 Å². The molecule has 0 radical (unpaired) electrons. The number of unbranched alkanes of at least 4 members (excludes halogenated alkanes) is 5. The molecule has 0 aliphatic rings. The summed E-state index contributed by atoms with van der Waals surface area (Å²) in [5.74, 6) is -0.880. The van der Waals surface area contributed by atoms with E-state index in [1.807, 2.05) is 0 Å². The fourth-order valence-electron chi connectivity index (χ4n) is 2.58. The number of aliphatic hydroxyl groups is 1. The Balaban J connectivity index is 3.61. The van der Waals surface area contributed by atoms with Crippen LogP contribution >= 0.6 is 0 Å². The highest BCUT2D eigenvalue weighted by Crippen LogP contribution is 2.23. The SMILES string of the molecule is O=C(O)CCCCCCNS(=O)(=O)CCCCC(O)CCCCC(F)(F)F. The van der Waals surface area contributed by atoms with Gasteiger partial charge in [-0.1, -0.05) is 19.3 Å². The molecule has 1 unspecified atom stereocenters. The summed E-state index contributed by atoms with van der Waals surface area (Å²) in [5, 5.41) is 18.2. The number of aliphatic carboxylic acids is 1. The minimum Gasteiger partial charge on any atom is -0.481 e. The van der Waals surface area contributed by atoms with Crippen molar-refractivity contribution in [3.05, 3.63) is 0 Å². The topological polar surface area (TPSA) is 104 Å². The molecule has 0 fully saturated rings. The number of halogens is 3. The molecular weight excluding hydrogens is 387 g/mol. The van der Waals surface area contributed by atoms with Crippen LogP contribution in [0.4, 0.5) is 13.2 Å². The van der Waals surface area contributed by atoms with Gasteiger partial charge < -0.3 is 10.2 Å². The Morgan fingerprint density at radius 1 is 0.926 bits per heavy atom. The van der Waals surface area contributed by atoms with Gasteiger partial charge in [0, 0.05) is 19.4 Å². The van der Waals surface area contributed by atoms with Crippen LogP contribution in [0.2, 0.25) is 0 Å². The van der Waals surface area contributed by atoms with E-state index in [1.165, 1.54) is 0 Å². The number of carboxylic acid groups (broad SMARTS) is 1. The molecule has 0 amide bonds. The zero-order chi connectivity index (χ0) is 20.8. The van der Waals surface area contributed by atoms with Crippen LogP contribution in [-0.2, 0) is 14.8 Å². The molecule has 0 aromatic carbocycles. The summed E-state index contributed by atoms with van der Waals surface area (Å²) >= 11 is 0. The van der Waals surface area contributed by atoms with E-state index in [0.717, 1.165) is 12.8 Å². The third kappa shape index (κ3) is 19.7. The predicted molar refractivity (Wildman–Crippen MR) is 96.9 cm³/mol. The number of hydrogen-bond acceptors (Lipinski definition) is 4. The second kappa shape index (κ2) is 14.2.